The van der Waals surface area contributed by atoms with Gasteiger partial charge in [0.15, 0.2) is 0 Å². The van der Waals surface area contributed by atoms with Crippen molar-refractivity contribution in [1.82, 2.24) is 9.71 Å². The molecule has 1 aromatic carbocycles. The summed E-state index contributed by atoms with van der Waals surface area (Å²) in [5, 5.41) is 0. The minimum atomic E-state index is -3.48. The summed E-state index contributed by atoms with van der Waals surface area (Å²) in [6.07, 6.45) is 12.4. The number of allylic oxidation sites excluding steroid dienone is 1. The number of aryl methyl sites for hydroxylation is 2. The average Bonchev–Trinajstić information content (AvgIpc) is 2.77. The van der Waals surface area contributed by atoms with Crippen LogP contribution in [0.5, 0.6) is 0 Å². The molecule has 2 rings (SSSR count). The number of hydrogen-bond donors (Lipinski definition) is 1. The molecular formula is C24H32N2O4S. The Morgan fingerprint density at radius 1 is 1.13 bits per heavy atom. The zero-order valence-electron chi connectivity index (χ0n) is 18.3. The maximum atomic E-state index is 12.3. The predicted octanol–water partition coefficient (Wildman–Crippen LogP) is 4.21. The van der Waals surface area contributed by atoms with E-state index in [1.54, 1.807) is 30.5 Å². The lowest BCUT2D eigenvalue weighted by molar-refractivity contribution is -0.134. The lowest BCUT2D eigenvalue weighted by Gasteiger charge is -2.13. The van der Waals surface area contributed by atoms with Crippen LogP contribution in [0.2, 0.25) is 0 Å². The fourth-order valence-corrected chi connectivity index (χ4v) is 4.35. The Labute approximate surface area is 185 Å². The Morgan fingerprint density at radius 3 is 2.55 bits per heavy atom. The number of pyridine rings is 1. The number of benzene rings is 1. The zero-order valence-corrected chi connectivity index (χ0v) is 19.1. The van der Waals surface area contributed by atoms with E-state index in [0.29, 0.717) is 6.54 Å². The number of aromatic nitrogens is 1. The van der Waals surface area contributed by atoms with Crippen LogP contribution in [-0.4, -0.2) is 33.0 Å². The minimum Gasteiger partial charge on any atom is -0.466 e. The molecule has 0 aliphatic carbocycles. The highest BCUT2D eigenvalue weighted by Crippen LogP contribution is 2.19. The van der Waals surface area contributed by atoms with Crippen LogP contribution in [0.3, 0.4) is 0 Å². The molecule has 168 valence electrons. The van der Waals surface area contributed by atoms with Crippen LogP contribution >= 0.6 is 0 Å². The molecule has 0 spiro atoms. The van der Waals surface area contributed by atoms with Crippen molar-refractivity contribution in [3.05, 3.63) is 72.1 Å². The van der Waals surface area contributed by atoms with E-state index in [0.717, 1.165) is 44.1 Å². The van der Waals surface area contributed by atoms with Gasteiger partial charge in [0.05, 0.1) is 12.0 Å². The first-order valence-electron chi connectivity index (χ1n) is 10.6. The summed E-state index contributed by atoms with van der Waals surface area (Å²) in [4.78, 5) is 15.9. The topological polar surface area (TPSA) is 85.4 Å². The Kier molecular flexibility index (Phi) is 10.4. The first-order valence-corrected chi connectivity index (χ1v) is 12.1. The molecule has 31 heavy (non-hydrogen) atoms. The third kappa shape index (κ3) is 9.44. The van der Waals surface area contributed by atoms with E-state index in [2.05, 4.69) is 15.8 Å². The largest absolute Gasteiger partial charge is 0.466 e. The fraction of sp³-hybridized carbons (Fsp3) is 0.417. The van der Waals surface area contributed by atoms with Crippen LogP contribution in [-0.2, 0) is 26.0 Å². The Hall–Kier alpha value is -2.51. The summed E-state index contributed by atoms with van der Waals surface area (Å²) in [6.45, 7) is 2.31. The van der Waals surface area contributed by atoms with Crippen LogP contribution in [0.25, 0.3) is 0 Å². The molecule has 0 bridgehead atoms. The molecule has 0 fully saturated rings. The summed E-state index contributed by atoms with van der Waals surface area (Å²) in [5.41, 5.74) is 2.22. The summed E-state index contributed by atoms with van der Waals surface area (Å²) in [5.74, 6) is -0.118. The number of hydrogen-bond acceptors (Lipinski definition) is 5. The van der Waals surface area contributed by atoms with Crippen LogP contribution < -0.4 is 4.72 Å². The molecule has 1 N–H and O–H groups in total. The number of unbranched alkanes of at least 4 members (excludes halogenated alkanes) is 1. The van der Waals surface area contributed by atoms with Gasteiger partial charge in [-0.15, -0.1) is 0 Å². The lowest BCUT2D eigenvalue weighted by Crippen LogP contribution is -2.24. The Morgan fingerprint density at radius 2 is 1.87 bits per heavy atom. The van der Waals surface area contributed by atoms with E-state index in [1.165, 1.54) is 18.7 Å². The minimum absolute atomic E-state index is 0.240. The first kappa shape index (κ1) is 24.8. The molecule has 0 aliphatic rings. The third-order valence-electron chi connectivity index (χ3n) is 5.09. The molecule has 1 aromatic heterocycles. The number of nitrogens with one attached hydrogen (secondary N) is 1. The number of sulfonamides is 1. The van der Waals surface area contributed by atoms with Gasteiger partial charge in [-0.25, -0.2) is 17.9 Å². The van der Waals surface area contributed by atoms with E-state index in [4.69, 9.17) is 4.74 Å². The number of esters is 1. The van der Waals surface area contributed by atoms with Crippen LogP contribution in [0.15, 0.2) is 65.8 Å². The highest BCUT2D eigenvalue weighted by Gasteiger charge is 2.13. The number of carbonyl (C=O) groups is 1. The Balaban J connectivity index is 1.78. The smallest absolute Gasteiger partial charge is 0.330 e. The monoisotopic (exact) mass is 444 g/mol. The maximum absolute atomic E-state index is 12.3. The van der Waals surface area contributed by atoms with Gasteiger partial charge in [-0.05, 0) is 68.7 Å². The van der Waals surface area contributed by atoms with Crippen molar-refractivity contribution < 1.29 is 17.9 Å². The number of nitrogens with zero attached hydrogens (tertiary/aromatic N) is 1. The van der Waals surface area contributed by atoms with Gasteiger partial charge in [0.2, 0.25) is 10.0 Å². The first-order chi connectivity index (χ1) is 14.9. The fourth-order valence-electron chi connectivity index (χ4n) is 3.27. The molecule has 2 aromatic rings. The van der Waals surface area contributed by atoms with Gasteiger partial charge in [0.25, 0.3) is 0 Å². The molecule has 1 unspecified atom stereocenters. The Bertz CT molecular complexity index is 926. The van der Waals surface area contributed by atoms with Gasteiger partial charge in [-0.2, -0.15) is 0 Å². The van der Waals surface area contributed by atoms with E-state index < -0.39 is 10.0 Å². The molecule has 1 heterocycles. The number of carbonyl (C=O) groups excluding carboxylic acids is 1. The summed E-state index contributed by atoms with van der Waals surface area (Å²) >= 11 is 0. The van der Waals surface area contributed by atoms with Gasteiger partial charge < -0.3 is 4.74 Å². The third-order valence-corrected chi connectivity index (χ3v) is 6.57. The average molecular weight is 445 g/mol. The predicted molar refractivity (Wildman–Crippen MR) is 122 cm³/mol. The summed E-state index contributed by atoms with van der Waals surface area (Å²) < 4.78 is 32.1. The van der Waals surface area contributed by atoms with E-state index in [9.17, 15) is 13.2 Å². The molecule has 0 saturated carbocycles. The van der Waals surface area contributed by atoms with Crippen molar-refractivity contribution in [2.24, 2.45) is 5.92 Å². The quantitative estimate of drug-likeness (QED) is 0.284. The van der Waals surface area contributed by atoms with Crippen molar-refractivity contribution in [3.63, 3.8) is 0 Å². The highest BCUT2D eigenvalue weighted by atomic mass is 32.2. The molecule has 1 atom stereocenters. The SMILES string of the molecule is COC(=O)/C=C/C(CCCCNS(=O)(=O)c1ccc(C)cc1)CCCc1cccnc1. The van der Waals surface area contributed by atoms with Crippen LogP contribution in [0.4, 0.5) is 0 Å². The van der Waals surface area contributed by atoms with Crippen molar-refractivity contribution in [1.29, 1.82) is 0 Å². The number of methoxy groups -OCH3 is 1. The van der Waals surface area contributed by atoms with Gasteiger partial charge >= 0.3 is 5.97 Å². The van der Waals surface area contributed by atoms with Gasteiger partial charge in [0, 0.05) is 25.0 Å². The highest BCUT2D eigenvalue weighted by molar-refractivity contribution is 7.89. The maximum Gasteiger partial charge on any atom is 0.330 e. The van der Waals surface area contributed by atoms with Crippen molar-refractivity contribution in [2.45, 2.75) is 50.3 Å². The van der Waals surface area contributed by atoms with Crippen LogP contribution in [0, 0.1) is 12.8 Å². The standard InChI is InChI=1S/C24H32N2O4S/c1-20-11-14-23(15-12-20)31(28,29)26-18-4-3-7-21(13-16-24(27)30-2)8-5-9-22-10-6-17-25-19-22/h6,10-17,19,21,26H,3-5,7-9,18H2,1-2H3/b16-13+. The second-order valence-corrected chi connectivity index (χ2v) is 9.37. The number of rotatable bonds is 13. The van der Waals surface area contributed by atoms with Crippen molar-refractivity contribution >= 4 is 16.0 Å². The van der Waals surface area contributed by atoms with E-state index in [1.807, 2.05) is 25.3 Å². The van der Waals surface area contributed by atoms with E-state index >= 15 is 0 Å². The zero-order chi connectivity index (χ0) is 22.5. The molecule has 7 heteroatoms. The van der Waals surface area contributed by atoms with Crippen LogP contribution in [0.1, 0.15) is 43.2 Å². The molecule has 6 nitrogen and oxygen atoms in total. The second-order valence-electron chi connectivity index (χ2n) is 7.60. The molecule has 0 radical (unpaired) electrons. The van der Waals surface area contributed by atoms with Crippen molar-refractivity contribution in [2.75, 3.05) is 13.7 Å². The summed E-state index contributed by atoms with van der Waals surface area (Å²) in [7, 11) is -2.11. The van der Waals surface area contributed by atoms with Gasteiger partial charge in [-0.1, -0.05) is 36.3 Å². The molecule has 0 aliphatic heterocycles. The summed E-state index contributed by atoms with van der Waals surface area (Å²) in [6, 6.07) is 10.8. The molecular weight excluding hydrogens is 412 g/mol. The normalized spacial score (nSPS) is 12.7. The van der Waals surface area contributed by atoms with E-state index in [-0.39, 0.29) is 16.8 Å². The second kappa shape index (κ2) is 13.0. The molecule has 0 saturated heterocycles. The van der Waals surface area contributed by atoms with Gasteiger partial charge in [0.1, 0.15) is 0 Å². The number of ether oxygens (including phenoxy) is 1. The van der Waals surface area contributed by atoms with Crippen molar-refractivity contribution in [3.8, 4) is 0 Å². The molecule has 0 amide bonds. The van der Waals surface area contributed by atoms with Gasteiger partial charge in [-0.3, -0.25) is 4.98 Å². The lowest BCUT2D eigenvalue weighted by atomic mass is 9.94.